The zero-order valence-corrected chi connectivity index (χ0v) is 13.8. The number of aliphatic carboxylic acids is 1. The van der Waals surface area contributed by atoms with Crippen molar-refractivity contribution in [3.05, 3.63) is 35.9 Å². The Morgan fingerprint density at radius 1 is 1.09 bits per heavy atom. The van der Waals surface area contributed by atoms with Gasteiger partial charge in [0.1, 0.15) is 12.1 Å². The second kappa shape index (κ2) is 9.27. The van der Waals surface area contributed by atoms with Crippen LogP contribution in [0, 0.1) is 11.8 Å². The van der Waals surface area contributed by atoms with Crippen LogP contribution in [0.15, 0.2) is 30.3 Å². The average molecular weight is 322 g/mol. The number of rotatable bonds is 9. The standard InChI is InChI=1S/C17H26N2O4/c1-4-11(2)15(17(21)22)18-16(20)14(19-23)12(3)10-13-8-6-5-7-9-13/h5-9,11-12,14-15,19,23H,4,10H2,1-3H3,(H,18,20)(H,21,22). The molecule has 0 aliphatic rings. The molecule has 6 nitrogen and oxygen atoms in total. The molecular weight excluding hydrogens is 296 g/mol. The predicted octanol–water partition coefficient (Wildman–Crippen LogP) is 1.83. The number of carbonyl (C=O) groups is 2. The first kappa shape index (κ1) is 19.1. The van der Waals surface area contributed by atoms with E-state index >= 15 is 0 Å². The number of carboxylic acid groups (broad SMARTS) is 1. The van der Waals surface area contributed by atoms with E-state index in [1.54, 1.807) is 6.92 Å². The van der Waals surface area contributed by atoms with Gasteiger partial charge in [0.25, 0.3) is 0 Å². The molecule has 0 fully saturated rings. The number of nitrogens with one attached hydrogen (secondary N) is 2. The Labute approximate surface area is 136 Å². The molecule has 1 aromatic rings. The summed E-state index contributed by atoms with van der Waals surface area (Å²) in [4.78, 5) is 23.7. The van der Waals surface area contributed by atoms with Gasteiger partial charge >= 0.3 is 5.97 Å². The Balaban J connectivity index is 2.75. The fraction of sp³-hybridized carbons (Fsp3) is 0.529. The van der Waals surface area contributed by atoms with E-state index in [9.17, 15) is 19.9 Å². The molecule has 4 atom stereocenters. The van der Waals surface area contributed by atoms with Crippen molar-refractivity contribution in [1.29, 1.82) is 0 Å². The molecule has 0 aliphatic carbocycles. The molecule has 23 heavy (non-hydrogen) atoms. The summed E-state index contributed by atoms with van der Waals surface area (Å²) in [5.74, 6) is -1.97. The third-order valence-corrected chi connectivity index (χ3v) is 4.17. The van der Waals surface area contributed by atoms with Gasteiger partial charge in [-0.05, 0) is 23.8 Å². The lowest BCUT2D eigenvalue weighted by Gasteiger charge is -2.26. The van der Waals surface area contributed by atoms with Gasteiger partial charge in [-0.3, -0.25) is 4.79 Å². The molecule has 4 N–H and O–H groups in total. The van der Waals surface area contributed by atoms with Crippen LogP contribution in [0.25, 0.3) is 0 Å². The third kappa shape index (κ3) is 5.65. The van der Waals surface area contributed by atoms with Crippen LogP contribution in [0.5, 0.6) is 0 Å². The van der Waals surface area contributed by atoms with Crippen LogP contribution in [0.1, 0.15) is 32.8 Å². The molecule has 0 aromatic heterocycles. The normalized spacial score (nSPS) is 16.2. The van der Waals surface area contributed by atoms with Gasteiger partial charge in [-0.15, -0.1) is 0 Å². The molecule has 1 amide bonds. The summed E-state index contributed by atoms with van der Waals surface area (Å²) in [7, 11) is 0. The molecule has 0 heterocycles. The van der Waals surface area contributed by atoms with Gasteiger partial charge in [-0.2, -0.15) is 5.48 Å². The number of hydrogen-bond donors (Lipinski definition) is 4. The Kier molecular flexibility index (Phi) is 7.71. The second-order valence-electron chi connectivity index (χ2n) is 5.98. The summed E-state index contributed by atoms with van der Waals surface area (Å²) >= 11 is 0. The van der Waals surface area contributed by atoms with E-state index in [1.807, 2.05) is 49.7 Å². The lowest BCUT2D eigenvalue weighted by molar-refractivity contribution is -0.144. The van der Waals surface area contributed by atoms with Crippen molar-refractivity contribution in [3.63, 3.8) is 0 Å². The highest BCUT2D eigenvalue weighted by molar-refractivity contribution is 5.87. The van der Waals surface area contributed by atoms with Crippen molar-refractivity contribution in [2.45, 2.75) is 45.7 Å². The maximum absolute atomic E-state index is 12.3. The maximum atomic E-state index is 12.3. The van der Waals surface area contributed by atoms with Gasteiger partial charge in [-0.1, -0.05) is 57.5 Å². The van der Waals surface area contributed by atoms with Crippen molar-refractivity contribution in [3.8, 4) is 0 Å². The molecular formula is C17H26N2O4. The van der Waals surface area contributed by atoms with Crippen LogP contribution in [0.4, 0.5) is 0 Å². The van der Waals surface area contributed by atoms with E-state index in [0.29, 0.717) is 12.8 Å². The lowest BCUT2D eigenvalue weighted by Crippen LogP contribution is -2.54. The predicted molar refractivity (Wildman–Crippen MR) is 87.0 cm³/mol. The minimum Gasteiger partial charge on any atom is -0.480 e. The van der Waals surface area contributed by atoms with E-state index in [0.717, 1.165) is 5.56 Å². The third-order valence-electron chi connectivity index (χ3n) is 4.17. The van der Waals surface area contributed by atoms with Gasteiger partial charge in [0.15, 0.2) is 0 Å². The minimum absolute atomic E-state index is 0.194. The molecule has 128 valence electrons. The molecule has 0 saturated carbocycles. The molecule has 0 saturated heterocycles. The zero-order chi connectivity index (χ0) is 17.4. The smallest absolute Gasteiger partial charge is 0.326 e. The Hall–Kier alpha value is -1.92. The summed E-state index contributed by atoms with van der Waals surface area (Å²) in [6, 6.07) is 7.78. The lowest BCUT2D eigenvalue weighted by atomic mass is 9.92. The molecule has 6 heteroatoms. The van der Waals surface area contributed by atoms with E-state index < -0.39 is 24.0 Å². The SMILES string of the molecule is CCC(C)C(NC(=O)C(NO)C(C)Cc1ccccc1)C(=O)O. The molecule has 0 aliphatic heterocycles. The Bertz CT molecular complexity index is 507. The maximum Gasteiger partial charge on any atom is 0.326 e. The quantitative estimate of drug-likeness (QED) is 0.520. The fourth-order valence-electron chi connectivity index (χ4n) is 2.47. The second-order valence-corrected chi connectivity index (χ2v) is 5.98. The highest BCUT2D eigenvalue weighted by Gasteiger charge is 2.31. The summed E-state index contributed by atoms with van der Waals surface area (Å²) in [6.45, 7) is 5.47. The first-order valence-electron chi connectivity index (χ1n) is 7.87. The molecule has 1 aromatic carbocycles. The monoisotopic (exact) mass is 322 g/mol. The van der Waals surface area contributed by atoms with Crippen LogP contribution in [0.3, 0.4) is 0 Å². The molecule has 0 radical (unpaired) electrons. The van der Waals surface area contributed by atoms with E-state index in [-0.39, 0.29) is 11.8 Å². The molecule has 0 bridgehead atoms. The van der Waals surface area contributed by atoms with Crippen LogP contribution in [-0.4, -0.2) is 34.3 Å². The zero-order valence-electron chi connectivity index (χ0n) is 13.8. The highest BCUT2D eigenvalue weighted by atomic mass is 16.5. The van der Waals surface area contributed by atoms with Gasteiger partial charge < -0.3 is 15.6 Å². The number of benzene rings is 1. The van der Waals surface area contributed by atoms with E-state index in [2.05, 4.69) is 5.32 Å². The van der Waals surface area contributed by atoms with Crippen LogP contribution < -0.4 is 10.8 Å². The Morgan fingerprint density at radius 2 is 1.70 bits per heavy atom. The largest absolute Gasteiger partial charge is 0.480 e. The first-order valence-corrected chi connectivity index (χ1v) is 7.87. The first-order chi connectivity index (χ1) is 10.9. The summed E-state index contributed by atoms with van der Waals surface area (Å²) < 4.78 is 0. The Morgan fingerprint density at radius 3 is 2.17 bits per heavy atom. The summed E-state index contributed by atoms with van der Waals surface area (Å²) in [6.07, 6.45) is 1.22. The van der Waals surface area contributed by atoms with Gasteiger partial charge in [0.2, 0.25) is 5.91 Å². The number of hydroxylamine groups is 1. The minimum atomic E-state index is -1.07. The topological polar surface area (TPSA) is 98.7 Å². The molecule has 4 unspecified atom stereocenters. The highest BCUT2D eigenvalue weighted by Crippen LogP contribution is 2.14. The van der Waals surface area contributed by atoms with Crippen molar-refractivity contribution in [1.82, 2.24) is 10.8 Å². The number of carboxylic acids is 1. The van der Waals surface area contributed by atoms with E-state index in [4.69, 9.17) is 0 Å². The fourth-order valence-corrected chi connectivity index (χ4v) is 2.47. The number of amides is 1. The van der Waals surface area contributed by atoms with Gasteiger partial charge in [-0.25, -0.2) is 4.79 Å². The molecule has 0 spiro atoms. The van der Waals surface area contributed by atoms with Crippen molar-refractivity contribution >= 4 is 11.9 Å². The van der Waals surface area contributed by atoms with Crippen molar-refractivity contribution in [2.24, 2.45) is 11.8 Å². The van der Waals surface area contributed by atoms with Gasteiger partial charge in [0, 0.05) is 0 Å². The van der Waals surface area contributed by atoms with Gasteiger partial charge in [0.05, 0.1) is 0 Å². The van der Waals surface area contributed by atoms with Crippen molar-refractivity contribution < 1.29 is 19.9 Å². The average Bonchev–Trinajstić information content (AvgIpc) is 2.53. The van der Waals surface area contributed by atoms with Crippen LogP contribution in [0.2, 0.25) is 0 Å². The van der Waals surface area contributed by atoms with Crippen molar-refractivity contribution in [2.75, 3.05) is 0 Å². The molecule has 1 rings (SSSR count). The summed E-state index contributed by atoms with van der Waals surface area (Å²) in [5, 5.41) is 21.1. The van der Waals surface area contributed by atoms with Crippen LogP contribution in [-0.2, 0) is 16.0 Å². The number of hydrogen-bond acceptors (Lipinski definition) is 4. The number of carbonyl (C=O) groups excluding carboxylic acids is 1. The van der Waals surface area contributed by atoms with Crippen LogP contribution >= 0.6 is 0 Å². The van der Waals surface area contributed by atoms with E-state index in [1.165, 1.54) is 0 Å². The summed E-state index contributed by atoms with van der Waals surface area (Å²) in [5.41, 5.74) is 3.06.